The number of carbonyl (C=O) groups is 3. The zero-order valence-corrected chi connectivity index (χ0v) is 26.9. The first-order valence-electron chi connectivity index (χ1n) is 15.8. The minimum Gasteiger partial charge on any atom is -0.423 e. The van der Waals surface area contributed by atoms with Crippen LogP contribution in [0.25, 0.3) is 33.8 Å². The lowest BCUT2D eigenvalue weighted by Gasteiger charge is -2.11. The molecule has 0 amide bonds. The van der Waals surface area contributed by atoms with Gasteiger partial charge in [-0.3, -0.25) is 15.0 Å². The molecule has 0 saturated heterocycles. The second-order valence-electron chi connectivity index (χ2n) is 11.2. The third-order valence-corrected chi connectivity index (χ3v) is 7.72. The molecule has 0 unspecified atom stereocenters. The number of nitrogens with zero attached hydrogens (tertiary/aromatic N) is 3. The molecule has 9 heteroatoms. The van der Waals surface area contributed by atoms with Crippen LogP contribution < -0.4 is 14.2 Å². The van der Waals surface area contributed by atoms with Crippen molar-refractivity contribution in [1.82, 2.24) is 15.0 Å². The maximum atomic E-state index is 13.4. The smallest absolute Gasteiger partial charge is 0.343 e. The molecule has 0 radical (unpaired) electrons. The van der Waals surface area contributed by atoms with Crippen LogP contribution in [0.2, 0.25) is 0 Å². The average molecular weight is 670 g/mol. The van der Waals surface area contributed by atoms with E-state index in [0.29, 0.717) is 0 Å². The van der Waals surface area contributed by atoms with E-state index in [4.69, 9.17) is 14.2 Å². The predicted octanol–water partition coefficient (Wildman–Crippen LogP) is 8.53. The SMILES string of the molecule is O=C(Oc1ccc(-c2ccccn2)cc1)c1cc(C(=O)Oc2ccc(-c3ccccn3)cc2)cc(C(=O)Oc2ccc(-c3ccccn3)cc2)c1. The summed E-state index contributed by atoms with van der Waals surface area (Å²) in [6.45, 7) is 0. The average Bonchev–Trinajstić information content (AvgIpc) is 3.19. The fourth-order valence-electron chi connectivity index (χ4n) is 5.16. The van der Waals surface area contributed by atoms with Crippen LogP contribution in [-0.4, -0.2) is 32.9 Å². The topological polar surface area (TPSA) is 118 Å². The fraction of sp³-hybridized carbons (Fsp3) is 0. The van der Waals surface area contributed by atoms with Crippen molar-refractivity contribution in [1.29, 1.82) is 0 Å². The number of ether oxygens (including phenoxy) is 3. The van der Waals surface area contributed by atoms with Crippen molar-refractivity contribution in [2.24, 2.45) is 0 Å². The first kappa shape index (κ1) is 32.3. The molecule has 51 heavy (non-hydrogen) atoms. The quantitative estimate of drug-likeness (QED) is 0.110. The first-order valence-corrected chi connectivity index (χ1v) is 15.8. The Balaban J connectivity index is 1.13. The molecule has 246 valence electrons. The Kier molecular flexibility index (Phi) is 9.42. The van der Waals surface area contributed by atoms with Gasteiger partial charge >= 0.3 is 17.9 Å². The van der Waals surface area contributed by atoms with Crippen molar-refractivity contribution < 1.29 is 28.6 Å². The number of pyridine rings is 3. The first-order chi connectivity index (χ1) is 25.0. The molecule has 7 aromatic rings. The van der Waals surface area contributed by atoms with E-state index in [1.54, 1.807) is 91.4 Å². The van der Waals surface area contributed by atoms with Crippen LogP contribution in [0.3, 0.4) is 0 Å². The minimum atomic E-state index is -0.788. The molecular formula is C42H27N3O6. The van der Waals surface area contributed by atoms with E-state index in [2.05, 4.69) is 15.0 Å². The van der Waals surface area contributed by atoms with Crippen molar-refractivity contribution in [3.8, 4) is 51.0 Å². The molecule has 0 N–H and O–H groups in total. The van der Waals surface area contributed by atoms with Crippen molar-refractivity contribution in [3.05, 3.63) is 181 Å². The molecule has 0 spiro atoms. The number of benzene rings is 4. The summed E-state index contributed by atoms with van der Waals surface area (Å²) in [4.78, 5) is 53.3. The molecule has 4 aromatic carbocycles. The predicted molar refractivity (Wildman–Crippen MR) is 190 cm³/mol. The number of aromatic nitrogens is 3. The number of carbonyl (C=O) groups excluding carboxylic acids is 3. The Labute approximate surface area is 292 Å². The molecule has 7 rings (SSSR count). The van der Waals surface area contributed by atoms with Crippen LogP contribution in [0.4, 0.5) is 0 Å². The zero-order valence-electron chi connectivity index (χ0n) is 26.9. The van der Waals surface area contributed by atoms with E-state index in [1.165, 1.54) is 18.2 Å². The molecule has 0 atom stereocenters. The molecular weight excluding hydrogens is 642 g/mol. The Bertz CT molecular complexity index is 2020. The Hall–Kier alpha value is -7.26. The van der Waals surface area contributed by atoms with E-state index in [0.717, 1.165) is 33.8 Å². The molecule has 9 nitrogen and oxygen atoms in total. The van der Waals surface area contributed by atoms with Gasteiger partial charge in [0.15, 0.2) is 0 Å². The van der Waals surface area contributed by atoms with E-state index in [1.807, 2.05) is 54.6 Å². The highest BCUT2D eigenvalue weighted by Crippen LogP contribution is 2.25. The van der Waals surface area contributed by atoms with Crippen LogP contribution in [0.5, 0.6) is 17.2 Å². The van der Waals surface area contributed by atoms with Crippen molar-refractivity contribution >= 4 is 17.9 Å². The van der Waals surface area contributed by atoms with Crippen molar-refractivity contribution in [3.63, 3.8) is 0 Å². The van der Waals surface area contributed by atoms with Gasteiger partial charge in [0.1, 0.15) is 17.2 Å². The molecule has 3 heterocycles. The van der Waals surface area contributed by atoms with Gasteiger partial charge < -0.3 is 14.2 Å². The highest BCUT2D eigenvalue weighted by molar-refractivity contribution is 6.02. The molecule has 3 aromatic heterocycles. The number of hydrogen-bond donors (Lipinski definition) is 0. The lowest BCUT2D eigenvalue weighted by Crippen LogP contribution is -2.16. The second kappa shape index (κ2) is 14.9. The summed E-state index contributed by atoms with van der Waals surface area (Å²) in [6.07, 6.45) is 5.08. The van der Waals surface area contributed by atoms with E-state index < -0.39 is 17.9 Å². The third-order valence-electron chi connectivity index (χ3n) is 7.72. The molecule has 0 fully saturated rings. The standard InChI is InChI=1S/C42H27N3O6/c46-40(49-34-16-10-28(11-17-34)37-7-1-4-22-43-37)31-25-32(41(47)50-35-18-12-29(13-19-35)38-8-2-5-23-44-38)27-33(26-31)42(48)51-36-20-14-30(15-21-36)39-9-3-6-24-45-39/h1-27H. The Morgan fingerprint density at radius 1 is 0.353 bits per heavy atom. The van der Waals surface area contributed by atoms with Gasteiger partial charge in [-0.15, -0.1) is 0 Å². The summed E-state index contributed by atoms with van der Waals surface area (Å²) in [7, 11) is 0. The van der Waals surface area contributed by atoms with Crippen molar-refractivity contribution in [2.45, 2.75) is 0 Å². The lowest BCUT2D eigenvalue weighted by molar-refractivity contribution is 0.0734. The fourth-order valence-corrected chi connectivity index (χ4v) is 5.16. The maximum absolute atomic E-state index is 13.4. The van der Waals surface area contributed by atoms with Gasteiger partial charge in [-0.05, 0) is 127 Å². The molecule has 0 aliphatic carbocycles. The Morgan fingerprint density at radius 2 is 0.627 bits per heavy atom. The second-order valence-corrected chi connectivity index (χ2v) is 11.2. The summed E-state index contributed by atoms with van der Waals surface area (Å²) in [5, 5.41) is 0. The monoisotopic (exact) mass is 669 g/mol. The van der Waals surface area contributed by atoms with Crippen LogP contribution in [0.1, 0.15) is 31.1 Å². The van der Waals surface area contributed by atoms with Gasteiger partial charge in [-0.25, -0.2) is 14.4 Å². The van der Waals surface area contributed by atoms with Gasteiger partial charge in [0.25, 0.3) is 0 Å². The lowest BCUT2D eigenvalue weighted by atomic mass is 10.1. The third kappa shape index (κ3) is 7.90. The normalized spacial score (nSPS) is 10.6. The molecule has 0 bridgehead atoms. The highest BCUT2D eigenvalue weighted by atomic mass is 16.5. The summed E-state index contributed by atoms with van der Waals surface area (Å²) >= 11 is 0. The van der Waals surface area contributed by atoms with Crippen LogP contribution in [-0.2, 0) is 0 Å². The van der Waals surface area contributed by atoms with Gasteiger partial charge in [0.2, 0.25) is 0 Å². The van der Waals surface area contributed by atoms with E-state index >= 15 is 0 Å². The Morgan fingerprint density at radius 3 is 0.863 bits per heavy atom. The highest BCUT2D eigenvalue weighted by Gasteiger charge is 2.21. The van der Waals surface area contributed by atoms with E-state index in [-0.39, 0.29) is 33.9 Å². The molecule has 0 aliphatic heterocycles. The van der Waals surface area contributed by atoms with Crippen molar-refractivity contribution in [2.75, 3.05) is 0 Å². The van der Waals surface area contributed by atoms with E-state index in [9.17, 15) is 14.4 Å². The summed E-state index contributed by atoms with van der Waals surface area (Å²) in [5.41, 5.74) is 4.65. The van der Waals surface area contributed by atoms with Crippen LogP contribution in [0.15, 0.2) is 164 Å². The van der Waals surface area contributed by atoms with Crippen LogP contribution >= 0.6 is 0 Å². The summed E-state index contributed by atoms with van der Waals surface area (Å²) in [5.74, 6) is -1.58. The number of esters is 3. The number of rotatable bonds is 9. The number of hydrogen-bond acceptors (Lipinski definition) is 9. The van der Waals surface area contributed by atoms with Gasteiger partial charge in [-0.2, -0.15) is 0 Å². The maximum Gasteiger partial charge on any atom is 0.343 e. The summed E-state index contributed by atoms with van der Waals surface area (Å²) < 4.78 is 16.9. The largest absolute Gasteiger partial charge is 0.423 e. The van der Waals surface area contributed by atoms with Gasteiger partial charge in [0.05, 0.1) is 33.8 Å². The minimum absolute atomic E-state index is 0.0544. The summed E-state index contributed by atoms with van der Waals surface area (Å²) in [6, 6.07) is 41.2. The molecule has 0 saturated carbocycles. The molecule has 0 aliphatic rings. The van der Waals surface area contributed by atoms with Crippen LogP contribution in [0, 0.1) is 0 Å². The van der Waals surface area contributed by atoms with Gasteiger partial charge in [-0.1, -0.05) is 18.2 Å². The zero-order chi connectivity index (χ0) is 35.0. The van der Waals surface area contributed by atoms with Gasteiger partial charge in [0, 0.05) is 35.3 Å².